The van der Waals surface area contributed by atoms with Crippen molar-refractivity contribution in [3.8, 4) is 6.07 Å². The first-order chi connectivity index (χ1) is 12.7. The van der Waals surface area contributed by atoms with Crippen LogP contribution in [-0.4, -0.2) is 35.1 Å². The smallest absolute Gasteiger partial charge is 0.252 e. The van der Waals surface area contributed by atoms with Crippen LogP contribution in [0.5, 0.6) is 0 Å². The van der Waals surface area contributed by atoms with Crippen LogP contribution in [0.3, 0.4) is 0 Å². The number of nitrogens with zero attached hydrogens (tertiary/aromatic N) is 2. The van der Waals surface area contributed by atoms with Crippen molar-refractivity contribution in [1.29, 1.82) is 5.26 Å². The Bertz CT molecular complexity index is 805. The molecule has 3 rings (SSSR count). The van der Waals surface area contributed by atoms with Crippen LogP contribution in [0.1, 0.15) is 39.9 Å². The van der Waals surface area contributed by atoms with E-state index >= 15 is 0 Å². The second-order valence-electron chi connectivity index (χ2n) is 6.62. The number of piperidine rings is 1. The molecule has 1 heterocycles. The average Bonchev–Trinajstić information content (AvgIpc) is 2.68. The van der Waals surface area contributed by atoms with Crippen molar-refractivity contribution in [2.24, 2.45) is 0 Å². The molecule has 2 N–H and O–H groups in total. The van der Waals surface area contributed by atoms with Gasteiger partial charge in [-0.3, -0.25) is 9.69 Å². The standard InChI is InChI=1S/C21H23N3O2/c22-13-16-5-3-4-8-20(16)21(26)23-14-17-6-1-2-7-18(17)15-24-11-9-19(25)10-12-24/h1-8,19,25H,9-12,14-15H2,(H,23,26). The summed E-state index contributed by atoms with van der Waals surface area (Å²) in [6, 6.07) is 16.9. The normalized spacial score (nSPS) is 15.4. The maximum absolute atomic E-state index is 12.4. The fraction of sp³-hybridized carbons (Fsp3) is 0.333. The summed E-state index contributed by atoms with van der Waals surface area (Å²) in [5, 5.41) is 21.7. The molecule has 0 radical (unpaired) electrons. The number of aliphatic hydroxyl groups is 1. The van der Waals surface area contributed by atoms with E-state index in [0.717, 1.165) is 38.0 Å². The van der Waals surface area contributed by atoms with E-state index in [1.165, 1.54) is 5.56 Å². The molecule has 0 saturated carbocycles. The van der Waals surface area contributed by atoms with Crippen molar-refractivity contribution in [3.05, 3.63) is 70.8 Å². The summed E-state index contributed by atoms with van der Waals surface area (Å²) in [4.78, 5) is 14.8. The summed E-state index contributed by atoms with van der Waals surface area (Å²) < 4.78 is 0. The van der Waals surface area contributed by atoms with Gasteiger partial charge in [0.15, 0.2) is 0 Å². The van der Waals surface area contributed by atoms with Crippen molar-refractivity contribution in [3.63, 3.8) is 0 Å². The Morgan fingerprint density at radius 1 is 1.12 bits per heavy atom. The minimum atomic E-state index is -0.238. The van der Waals surface area contributed by atoms with Crippen molar-refractivity contribution >= 4 is 5.91 Å². The zero-order valence-electron chi connectivity index (χ0n) is 14.7. The molecule has 0 atom stereocenters. The maximum atomic E-state index is 12.4. The van der Waals surface area contributed by atoms with Crippen LogP contribution in [-0.2, 0) is 13.1 Å². The predicted octanol–water partition coefficient (Wildman–Crippen LogP) is 2.44. The Kier molecular flexibility index (Phi) is 6.00. The number of nitrogens with one attached hydrogen (secondary N) is 1. The van der Waals surface area contributed by atoms with Gasteiger partial charge in [-0.25, -0.2) is 0 Å². The van der Waals surface area contributed by atoms with Gasteiger partial charge in [-0.2, -0.15) is 5.26 Å². The fourth-order valence-electron chi connectivity index (χ4n) is 3.25. The molecule has 1 aliphatic rings. The van der Waals surface area contributed by atoms with Crippen LogP contribution in [0.15, 0.2) is 48.5 Å². The SMILES string of the molecule is N#Cc1ccccc1C(=O)NCc1ccccc1CN1CCC(O)CC1. The van der Waals surface area contributed by atoms with Gasteiger partial charge in [0.25, 0.3) is 5.91 Å². The van der Waals surface area contributed by atoms with Crippen molar-refractivity contribution in [2.75, 3.05) is 13.1 Å². The van der Waals surface area contributed by atoms with Crippen LogP contribution in [0.25, 0.3) is 0 Å². The number of carbonyl (C=O) groups excluding carboxylic acids is 1. The minimum Gasteiger partial charge on any atom is -0.393 e. The molecule has 2 aromatic carbocycles. The van der Waals surface area contributed by atoms with E-state index < -0.39 is 0 Å². The lowest BCUT2D eigenvalue weighted by Gasteiger charge is -2.30. The first-order valence-electron chi connectivity index (χ1n) is 8.92. The summed E-state index contributed by atoms with van der Waals surface area (Å²) >= 11 is 0. The van der Waals surface area contributed by atoms with E-state index in [1.54, 1.807) is 24.3 Å². The molecular formula is C21H23N3O2. The molecule has 5 nitrogen and oxygen atoms in total. The monoisotopic (exact) mass is 349 g/mol. The number of likely N-dealkylation sites (tertiary alicyclic amines) is 1. The lowest BCUT2D eigenvalue weighted by atomic mass is 10.0. The van der Waals surface area contributed by atoms with Crippen LogP contribution in [0, 0.1) is 11.3 Å². The zero-order chi connectivity index (χ0) is 18.4. The first kappa shape index (κ1) is 18.1. The van der Waals surface area contributed by atoms with Crippen LogP contribution >= 0.6 is 0 Å². The Morgan fingerprint density at radius 2 is 1.77 bits per heavy atom. The third-order valence-corrected chi connectivity index (χ3v) is 4.80. The number of hydrogen-bond donors (Lipinski definition) is 2. The molecule has 1 amide bonds. The van der Waals surface area contributed by atoms with Crippen molar-refractivity contribution in [2.45, 2.75) is 32.0 Å². The van der Waals surface area contributed by atoms with Crippen LogP contribution < -0.4 is 5.32 Å². The largest absolute Gasteiger partial charge is 0.393 e. The highest BCUT2D eigenvalue weighted by atomic mass is 16.3. The van der Waals surface area contributed by atoms with Gasteiger partial charge in [0.05, 0.1) is 23.3 Å². The third kappa shape index (κ3) is 4.48. The number of benzene rings is 2. The predicted molar refractivity (Wildman–Crippen MR) is 99.3 cm³/mol. The summed E-state index contributed by atoms with van der Waals surface area (Å²) in [5.74, 6) is -0.238. The van der Waals surface area contributed by atoms with Gasteiger partial charge in [-0.05, 0) is 36.1 Å². The minimum absolute atomic E-state index is 0.180. The average molecular weight is 349 g/mol. The van der Waals surface area contributed by atoms with Gasteiger partial charge in [0.2, 0.25) is 0 Å². The van der Waals surface area contributed by atoms with Gasteiger partial charge in [-0.15, -0.1) is 0 Å². The number of amides is 1. The van der Waals surface area contributed by atoms with Gasteiger partial charge in [0, 0.05) is 26.2 Å². The lowest BCUT2D eigenvalue weighted by molar-refractivity contribution is 0.0790. The number of carbonyl (C=O) groups is 1. The van der Waals surface area contributed by atoms with E-state index in [-0.39, 0.29) is 12.0 Å². The van der Waals surface area contributed by atoms with Gasteiger partial charge in [0.1, 0.15) is 0 Å². The van der Waals surface area contributed by atoms with Crippen LogP contribution in [0.4, 0.5) is 0 Å². The molecule has 0 bridgehead atoms. The zero-order valence-corrected chi connectivity index (χ0v) is 14.7. The van der Waals surface area contributed by atoms with E-state index in [9.17, 15) is 9.90 Å². The Labute approximate surface area is 153 Å². The number of aliphatic hydroxyl groups excluding tert-OH is 1. The summed E-state index contributed by atoms with van der Waals surface area (Å²) in [6.45, 7) is 3.01. The number of hydrogen-bond acceptors (Lipinski definition) is 4. The highest BCUT2D eigenvalue weighted by Gasteiger charge is 2.18. The quantitative estimate of drug-likeness (QED) is 0.869. The summed E-state index contributed by atoms with van der Waals surface area (Å²) in [5.41, 5.74) is 3.03. The van der Waals surface area contributed by atoms with Crippen LogP contribution in [0.2, 0.25) is 0 Å². The van der Waals surface area contributed by atoms with Crippen molar-refractivity contribution in [1.82, 2.24) is 10.2 Å². The molecule has 0 aromatic heterocycles. The molecule has 1 fully saturated rings. The molecule has 1 aliphatic heterocycles. The van der Waals surface area contributed by atoms with E-state index in [0.29, 0.717) is 17.7 Å². The Hall–Kier alpha value is -2.68. The second kappa shape index (κ2) is 8.61. The van der Waals surface area contributed by atoms with E-state index in [4.69, 9.17) is 5.26 Å². The molecule has 0 spiro atoms. The van der Waals surface area contributed by atoms with E-state index in [2.05, 4.69) is 22.4 Å². The molecule has 5 heteroatoms. The Balaban J connectivity index is 1.65. The van der Waals surface area contributed by atoms with E-state index in [1.807, 2.05) is 18.2 Å². The molecule has 2 aromatic rings. The molecule has 0 unspecified atom stereocenters. The van der Waals surface area contributed by atoms with Gasteiger partial charge >= 0.3 is 0 Å². The van der Waals surface area contributed by atoms with Crippen molar-refractivity contribution < 1.29 is 9.90 Å². The lowest BCUT2D eigenvalue weighted by Crippen LogP contribution is -2.35. The maximum Gasteiger partial charge on any atom is 0.252 e. The first-order valence-corrected chi connectivity index (χ1v) is 8.92. The number of rotatable bonds is 5. The molecular weight excluding hydrogens is 326 g/mol. The number of nitriles is 1. The summed E-state index contributed by atoms with van der Waals surface area (Å²) in [6.07, 6.45) is 1.44. The highest BCUT2D eigenvalue weighted by molar-refractivity contribution is 5.96. The van der Waals surface area contributed by atoms with Gasteiger partial charge in [-0.1, -0.05) is 36.4 Å². The third-order valence-electron chi connectivity index (χ3n) is 4.80. The highest BCUT2D eigenvalue weighted by Crippen LogP contribution is 2.17. The Morgan fingerprint density at radius 3 is 2.50 bits per heavy atom. The topological polar surface area (TPSA) is 76.4 Å². The fourth-order valence-corrected chi connectivity index (χ4v) is 3.25. The molecule has 26 heavy (non-hydrogen) atoms. The summed E-state index contributed by atoms with van der Waals surface area (Å²) in [7, 11) is 0. The molecule has 134 valence electrons. The van der Waals surface area contributed by atoms with Gasteiger partial charge < -0.3 is 10.4 Å². The molecule has 1 saturated heterocycles. The second-order valence-corrected chi connectivity index (χ2v) is 6.62. The molecule has 0 aliphatic carbocycles.